The minimum atomic E-state index is -0.485. The van der Waals surface area contributed by atoms with Crippen molar-refractivity contribution < 1.29 is 9.53 Å². The number of para-hydroxylation sites is 1. The van der Waals surface area contributed by atoms with Gasteiger partial charge in [-0.2, -0.15) is 0 Å². The van der Waals surface area contributed by atoms with E-state index in [9.17, 15) is 4.79 Å². The first-order chi connectivity index (χ1) is 13.8. The molecule has 1 aliphatic heterocycles. The van der Waals surface area contributed by atoms with E-state index in [0.717, 1.165) is 44.0 Å². The van der Waals surface area contributed by atoms with Gasteiger partial charge in [-0.25, -0.2) is 4.79 Å². The fourth-order valence-corrected chi connectivity index (χ4v) is 3.52. The number of likely N-dealkylation sites (tertiary alicyclic amines) is 1. The number of aromatic amines is 1. The number of aromatic nitrogens is 1. The maximum Gasteiger partial charge on any atom is 0.407 e. The Hall–Kier alpha value is -2.70. The average Bonchev–Trinajstić information content (AvgIpc) is 3.25. The third kappa shape index (κ3) is 6.14. The normalized spacial score (nSPS) is 17.6. The second-order valence-corrected chi connectivity index (χ2v) is 8.45. The molecule has 1 amide bonds. The van der Waals surface area contributed by atoms with Crippen LogP contribution in [0.1, 0.15) is 39.8 Å². The summed E-state index contributed by atoms with van der Waals surface area (Å²) in [5.74, 6) is 0.900. The van der Waals surface area contributed by atoms with Gasteiger partial charge in [-0.05, 0) is 51.6 Å². The standard InChI is InChI=1S/C22H33N5O2/c1-5-23-20(24-12-10-17-14-16-8-6-7-9-19(16)25-17)27-13-11-18(15-27)26-21(28)29-22(2,3)4/h6-9,14,18,25H,5,10-13,15H2,1-4H3,(H,23,24)(H,26,28)/t18-/m1/s1. The molecule has 1 fully saturated rings. The van der Waals surface area contributed by atoms with Gasteiger partial charge in [-0.15, -0.1) is 0 Å². The number of H-pyrrole nitrogens is 1. The Morgan fingerprint density at radius 2 is 2.14 bits per heavy atom. The first-order valence-corrected chi connectivity index (χ1v) is 10.4. The zero-order valence-corrected chi connectivity index (χ0v) is 17.9. The smallest absolute Gasteiger partial charge is 0.407 e. The van der Waals surface area contributed by atoms with E-state index in [4.69, 9.17) is 9.73 Å². The number of alkyl carbamates (subject to hydrolysis) is 1. The summed E-state index contributed by atoms with van der Waals surface area (Å²) in [5.41, 5.74) is 1.87. The number of fused-ring (bicyclic) bond motifs is 1. The molecular formula is C22H33N5O2. The maximum atomic E-state index is 12.0. The molecule has 0 unspecified atom stereocenters. The second kappa shape index (κ2) is 9.20. The van der Waals surface area contributed by atoms with Crippen molar-refractivity contribution in [3.8, 4) is 0 Å². The Morgan fingerprint density at radius 1 is 1.34 bits per heavy atom. The molecule has 7 nitrogen and oxygen atoms in total. The van der Waals surface area contributed by atoms with Crippen LogP contribution in [0.3, 0.4) is 0 Å². The van der Waals surface area contributed by atoms with E-state index in [1.807, 2.05) is 26.8 Å². The highest BCUT2D eigenvalue weighted by molar-refractivity contribution is 5.81. The number of guanidine groups is 1. The molecule has 3 N–H and O–H groups in total. The van der Waals surface area contributed by atoms with Crippen molar-refractivity contribution in [1.29, 1.82) is 0 Å². The summed E-state index contributed by atoms with van der Waals surface area (Å²) >= 11 is 0. The molecule has 7 heteroatoms. The highest BCUT2D eigenvalue weighted by Crippen LogP contribution is 2.15. The molecule has 29 heavy (non-hydrogen) atoms. The first-order valence-electron chi connectivity index (χ1n) is 10.4. The zero-order chi connectivity index (χ0) is 20.9. The number of carbonyl (C=O) groups excluding carboxylic acids is 1. The van der Waals surface area contributed by atoms with Crippen LogP contribution in [-0.2, 0) is 11.2 Å². The first kappa shape index (κ1) is 21.0. The van der Waals surface area contributed by atoms with Gasteiger partial charge in [0.2, 0.25) is 0 Å². The molecule has 1 aromatic carbocycles. The van der Waals surface area contributed by atoms with Crippen LogP contribution in [0, 0.1) is 0 Å². The van der Waals surface area contributed by atoms with Crippen molar-refractivity contribution in [2.45, 2.75) is 52.2 Å². The molecule has 2 heterocycles. The van der Waals surface area contributed by atoms with Crippen LogP contribution in [-0.4, -0.2) is 59.8 Å². The van der Waals surface area contributed by atoms with Gasteiger partial charge in [-0.3, -0.25) is 4.99 Å². The monoisotopic (exact) mass is 399 g/mol. The number of nitrogens with zero attached hydrogens (tertiary/aromatic N) is 2. The number of benzene rings is 1. The average molecular weight is 400 g/mol. The molecule has 0 bridgehead atoms. The van der Waals surface area contributed by atoms with Crippen LogP contribution < -0.4 is 10.6 Å². The molecule has 0 radical (unpaired) electrons. The number of ether oxygens (including phenoxy) is 1. The summed E-state index contributed by atoms with van der Waals surface area (Å²) in [4.78, 5) is 22.5. The summed E-state index contributed by atoms with van der Waals surface area (Å²) in [6.07, 6.45) is 1.38. The van der Waals surface area contributed by atoms with Crippen molar-refractivity contribution in [3.05, 3.63) is 36.0 Å². The predicted octanol–water partition coefficient (Wildman–Crippen LogP) is 3.27. The number of nitrogens with one attached hydrogen (secondary N) is 3. The third-order valence-electron chi connectivity index (χ3n) is 4.77. The Kier molecular flexibility index (Phi) is 6.67. The van der Waals surface area contributed by atoms with E-state index in [1.54, 1.807) is 0 Å². The van der Waals surface area contributed by atoms with Gasteiger partial charge in [0, 0.05) is 43.8 Å². The van der Waals surface area contributed by atoms with Crippen molar-refractivity contribution in [1.82, 2.24) is 20.5 Å². The molecule has 1 atom stereocenters. The van der Waals surface area contributed by atoms with E-state index >= 15 is 0 Å². The number of amides is 1. The van der Waals surface area contributed by atoms with E-state index < -0.39 is 5.60 Å². The molecular weight excluding hydrogens is 366 g/mol. The minimum absolute atomic E-state index is 0.0717. The van der Waals surface area contributed by atoms with Crippen molar-refractivity contribution in [3.63, 3.8) is 0 Å². The summed E-state index contributed by atoms with van der Waals surface area (Å²) in [7, 11) is 0. The zero-order valence-electron chi connectivity index (χ0n) is 17.9. The van der Waals surface area contributed by atoms with Gasteiger partial charge in [-0.1, -0.05) is 18.2 Å². The summed E-state index contributed by atoms with van der Waals surface area (Å²) in [5, 5.41) is 7.57. The predicted molar refractivity (Wildman–Crippen MR) is 117 cm³/mol. The molecule has 1 aliphatic rings. The van der Waals surface area contributed by atoms with Crippen LogP contribution in [0.5, 0.6) is 0 Å². The molecule has 0 saturated carbocycles. The lowest BCUT2D eigenvalue weighted by molar-refractivity contribution is 0.0507. The van der Waals surface area contributed by atoms with Crippen molar-refractivity contribution in [2.75, 3.05) is 26.2 Å². The molecule has 0 aliphatic carbocycles. The van der Waals surface area contributed by atoms with Gasteiger partial charge >= 0.3 is 6.09 Å². The van der Waals surface area contributed by atoms with E-state index in [0.29, 0.717) is 6.54 Å². The van der Waals surface area contributed by atoms with E-state index in [2.05, 4.69) is 51.7 Å². The summed E-state index contributed by atoms with van der Waals surface area (Å²) < 4.78 is 5.36. The molecule has 1 saturated heterocycles. The number of hydrogen-bond acceptors (Lipinski definition) is 3. The van der Waals surface area contributed by atoms with Crippen molar-refractivity contribution in [2.24, 2.45) is 4.99 Å². The van der Waals surface area contributed by atoms with Crippen LogP contribution in [0.25, 0.3) is 10.9 Å². The number of hydrogen-bond donors (Lipinski definition) is 3. The third-order valence-corrected chi connectivity index (χ3v) is 4.77. The molecule has 2 aromatic rings. The number of aliphatic imine (C=N–C) groups is 1. The Morgan fingerprint density at radius 3 is 2.86 bits per heavy atom. The van der Waals surface area contributed by atoms with Gasteiger partial charge in [0.1, 0.15) is 5.60 Å². The van der Waals surface area contributed by atoms with Gasteiger partial charge in [0.25, 0.3) is 0 Å². The van der Waals surface area contributed by atoms with Crippen LogP contribution >= 0.6 is 0 Å². The lowest BCUT2D eigenvalue weighted by Crippen LogP contribution is -2.44. The van der Waals surface area contributed by atoms with Gasteiger partial charge in [0.05, 0.1) is 6.04 Å². The SMILES string of the molecule is CCNC(=NCCc1cc2ccccc2[nH]1)N1CC[C@@H](NC(=O)OC(C)(C)C)C1. The topological polar surface area (TPSA) is 81.8 Å². The lowest BCUT2D eigenvalue weighted by Gasteiger charge is -2.23. The van der Waals surface area contributed by atoms with E-state index in [-0.39, 0.29) is 12.1 Å². The lowest BCUT2D eigenvalue weighted by atomic mass is 10.2. The van der Waals surface area contributed by atoms with Crippen LogP contribution in [0.15, 0.2) is 35.3 Å². The molecule has 1 aromatic heterocycles. The second-order valence-electron chi connectivity index (χ2n) is 8.45. The summed E-state index contributed by atoms with van der Waals surface area (Å²) in [6.45, 7) is 10.8. The van der Waals surface area contributed by atoms with Gasteiger partial charge in [0.15, 0.2) is 5.96 Å². The molecule has 3 rings (SSSR count). The number of rotatable bonds is 5. The van der Waals surface area contributed by atoms with E-state index in [1.165, 1.54) is 11.1 Å². The molecule has 158 valence electrons. The quantitative estimate of drug-likeness (QED) is 0.532. The highest BCUT2D eigenvalue weighted by Gasteiger charge is 2.27. The Labute approximate surface area is 172 Å². The van der Waals surface area contributed by atoms with Gasteiger partial charge < -0.3 is 25.3 Å². The Bertz CT molecular complexity index is 819. The highest BCUT2D eigenvalue weighted by atomic mass is 16.6. The largest absolute Gasteiger partial charge is 0.444 e. The molecule has 0 spiro atoms. The Balaban J connectivity index is 1.54. The van der Waals surface area contributed by atoms with Crippen molar-refractivity contribution >= 4 is 23.0 Å². The maximum absolute atomic E-state index is 12.0. The summed E-state index contributed by atoms with van der Waals surface area (Å²) in [6, 6.07) is 10.6. The van der Waals surface area contributed by atoms with Crippen LogP contribution in [0.4, 0.5) is 4.79 Å². The minimum Gasteiger partial charge on any atom is -0.444 e. The van der Waals surface area contributed by atoms with Crippen LogP contribution in [0.2, 0.25) is 0 Å². The fourth-order valence-electron chi connectivity index (χ4n) is 3.52. The fraction of sp³-hybridized carbons (Fsp3) is 0.545. The number of carbonyl (C=O) groups is 1.